The van der Waals surface area contributed by atoms with E-state index in [1.54, 1.807) is 11.3 Å². The van der Waals surface area contributed by atoms with Gasteiger partial charge in [0.1, 0.15) is 12.4 Å². The minimum absolute atomic E-state index is 0.440. The van der Waals surface area contributed by atoms with Crippen molar-refractivity contribution < 1.29 is 4.74 Å². The summed E-state index contributed by atoms with van der Waals surface area (Å²) in [6.45, 7) is 0.571. The molecule has 3 heteroatoms. The van der Waals surface area contributed by atoms with E-state index in [9.17, 15) is 0 Å². The van der Waals surface area contributed by atoms with Crippen LogP contribution in [0, 0.1) is 11.3 Å². The van der Waals surface area contributed by atoms with Crippen LogP contribution in [0.15, 0.2) is 53.9 Å². The lowest BCUT2D eigenvalue weighted by Gasteiger charge is -2.06. The maximum atomic E-state index is 8.64. The predicted octanol–water partition coefficient (Wildman–Crippen LogP) is 4.55. The molecule has 2 nitrogen and oxygen atoms in total. The van der Waals surface area contributed by atoms with Crippen LogP contribution in [0.1, 0.15) is 11.1 Å². The van der Waals surface area contributed by atoms with Crippen molar-refractivity contribution in [1.82, 2.24) is 0 Å². The van der Waals surface area contributed by atoms with Crippen molar-refractivity contribution in [3.8, 4) is 11.8 Å². The fourth-order valence-electron chi connectivity index (χ4n) is 2.10. The van der Waals surface area contributed by atoms with Crippen molar-refractivity contribution in [2.75, 3.05) is 0 Å². The van der Waals surface area contributed by atoms with E-state index < -0.39 is 0 Å². The zero-order chi connectivity index (χ0) is 13.8. The van der Waals surface area contributed by atoms with Gasteiger partial charge in [-0.05, 0) is 34.5 Å². The molecular formula is C17H13NOS. The van der Waals surface area contributed by atoms with Crippen molar-refractivity contribution in [1.29, 1.82) is 5.26 Å². The van der Waals surface area contributed by atoms with Crippen molar-refractivity contribution >= 4 is 21.4 Å². The molecule has 0 aliphatic rings. The summed E-state index contributed by atoms with van der Waals surface area (Å²) in [6, 6.07) is 18.2. The van der Waals surface area contributed by atoms with Gasteiger partial charge >= 0.3 is 0 Å². The molecule has 0 saturated heterocycles. The molecule has 1 aromatic heterocycles. The number of thiophene rings is 1. The van der Waals surface area contributed by atoms with Gasteiger partial charge in [0, 0.05) is 10.3 Å². The van der Waals surface area contributed by atoms with E-state index in [0.29, 0.717) is 13.0 Å². The van der Waals surface area contributed by atoms with Crippen molar-refractivity contribution in [2.45, 2.75) is 13.0 Å². The van der Waals surface area contributed by atoms with E-state index in [0.717, 1.165) is 11.3 Å². The van der Waals surface area contributed by atoms with Gasteiger partial charge in [0.2, 0.25) is 0 Å². The number of nitriles is 1. The third-order valence-corrected chi connectivity index (χ3v) is 4.17. The molecule has 20 heavy (non-hydrogen) atoms. The Bertz CT molecular complexity index is 753. The van der Waals surface area contributed by atoms with Gasteiger partial charge in [-0.15, -0.1) is 11.3 Å². The van der Waals surface area contributed by atoms with Gasteiger partial charge in [-0.25, -0.2) is 0 Å². The molecule has 1 heterocycles. The van der Waals surface area contributed by atoms with E-state index in [2.05, 4.69) is 35.7 Å². The normalized spacial score (nSPS) is 10.3. The molecule has 0 aliphatic heterocycles. The van der Waals surface area contributed by atoms with Gasteiger partial charge in [0.05, 0.1) is 12.5 Å². The Balaban J connectivity index is 1.71. The van der Waals surface area contributed by atoms with Crippen LogP contribution in [0.25, 0.3) is 10.1 Å². The third kappa shape index (κ3) is 2.66. The van der Waals surface area contributed by atoms with Gasteiger partial charge < -0.3 is 4.74 Å². The van der Waals surface area contributed by atoms with Crippen LogP contribution in [0.4, 0.5) is 0 Å². The molecule has 0 fully saturated rings. The summed E-state index contributed by atoms with van der Waals surface area (Å²) in [4.78, 5) is 0. The quantitative estimate of drug-likeness (QED) is 0.702. The van der Waals surface area contributed by atoms with Crippen LogP contribution >= 0.6 is 11.3 Å². The zero-order valence-electron chi connectivity index (χ0n) is 10.9. The van der Waals surface area contributed by atoms with Gasteiger partial charge in [-0.1, -0.05) is 30.3 Å². The number of ether oxygens (including phenoxy) is 1. The molecule has 98 valence electrons. The SMILES string of the molecule is N#CCc1ccc(OCc2csc3ccccc23)cc1. The minimum atomic E-state index is 0.440. The predicted molar refractivity (Wildman–Crippen MR) is 81.9 cm³/mol. The lowest BCUT2D eigenvalue weighted by molar-refractivity contribution is 0.308. The Morgan fingerprint density at radius 2 is 1.85 bits per heavy atom. The van der Waals surface area contributed by atoms with Crippen LogP contribution < -0.4 is 4.74 Å². The van der Waals surface area contributed by atoms with Crippen molar-refractivity contribution in [2.24, 2.45) is 0 Å². The van der Waals surface area contributed by atoms with Crippen LogP contribution in [0.5, 0.6) is 5.75 Å². The zero-order valence-corrected chi connectivity index (χ0v) is 11.7. The highest BCUT2D eigenvalue weighted by molar-refractivity contribution is 7.17. The standard InChI is InChI=1S/C17H13NOS/c18-10-9-13-5-7-15(8-6-13)19-11-14-12-20-17-4-2-1-3-16(14)17/h1-8,12H,9,11H2. The fourth-order valence-corrected chi connectivity index (χ4v) is 3.05. The van der Waals surface area contributed by atoms with Gasteiger partial charge in [0.25, 0.3) is 0 Å². The Hall–Kier alpha value is -2.31. The number of fused-ring (bicyclic) bond motifs is 1. The van der Waals surface area contributed by atoms with Crippen LogP contribution in [0.3, 0.4) is 0 Å². The average Bonchev–Trinajstić information content (AvgIpc) is 2.90. The highest BCUT2D eigenvalue weighted by Crippen LogP contribution is 2.26. The topological polar surface area (TPSA) is 33.0 Å². The second-order valence-electron chi connectivity index (χ2n) is 4.52. The number of hydrogen-bond donors (Lipinski definition) is 0. The summed E-state index contributed by atoms with van der Waals surface area (Å²) in [5, 5.41) is 12.0. The maximum Gasteiger partial charge on any atom is 0.119 e. The van der Waals surface area contributed by atoms with Crippen LogP contribution in [-0.2, 0) is 13.0 Å². The molecule has 0 saturated carbocycles. The van der Waals surface area contributed by atoms with Gasteiger partial charge in [-0.2, -0.15) is 5.26 Å². The Morgan fingerprint density at radius 3 is 2.65 bits per heavy atom. The molecule has 3 aromatic rings. The van der Waals surface area contributed by atoms with E-state index >= 15 is 0 Å². The summed E-state index contributed by atoms with van der Waals surface area (Å²) >= 11 is 1.74. The Kier molecular flexibility index (Phi) is 3.67. The van der Waals surface area contributed by atoms with Crippen LogP contribution in [-0.4, -0.2) is 0 Å². The summed E-state index contributed by atoms with van der Waals surface area (Å²) in [5.41, 5.74) is 2.23. The second kappa shape index (κ2) is 5.77. The highest BCUT2D eigenvalue weighted by Gasteiger charge is 2.04. The number of rotatable bonds is 4. The lowest BCUT2D eigenvalue weighted by Crippen LogP contribution is -1.94. The van der Waals surface area contributed by atoms with E-state index in [-0.39, 0.29) is 0 Å². The first-order valence-electron chi connectivity index (χ1n) is 6.40. The molecular weight excluding hydrogens is 266 g/mol. The van der Waals surface area contributed by atoms with Gasteiger partial charge in [-0.3, -0.25) is 0 Å². The molecule has 2 aromatic carbocycles. The number of nitrogens with zero attached hydrogens (tertiary/aromatic N) is 1. The second-order valence-corrected chi connectivity index (χ2v) is 5.44. The molecule has 0 unspecified atom stereocenters. The van der Waals surface area contributed by atoms with E-state index in [4.69, 9.17) is 10.00 Å². The summed E-state index contributed by atoms with van der Waals surface area (Å²) in [6.07, 6.45) is 0.440. The van der Waals surface area contributed by atoms with E-state index in [1.165, 1.54) is 15.6 Å². The first kappa shape index (κ1) is 12.7. The monoisotopic (exact) mass is 279 g/mol. The summed E-state index contributed by atoms with van der Waals surface area (Å²) in [7, 11) is 0. The molecule has 0 bridgehead atoms. The summed E-state index contributed by atoms with van der Waals surface area (Å²) in [5.74, 6) is 0.835. The number of benzene rings is 2. The third-order valence-electron chi connectivity index (χ3n) is 3.16. The molecule has 0 radical (unpaired) electrons. The molecule has 0 amide bonds. The van der Waals surface area contributed by atoms with Crippen LogP contribution in [0.2, 0.25) is 0 Å². The molecule has 0 atom stereocenters. The fraction of sp³-hybridized carbons (Fsp3) is 0.118. The Labute approximate surface area is 121 Å². The highest BCUT2D eigenvalue weighted by atomic mass is 32.1. The lowest BCUT2D eigenvalue weighted by atomic mass is 10.1. The van der Waals surface area contributed by atoms with Crippen molar-refractivity contribution in [3.05, 3.63) is 65.0 Å². The van der Waals surface area contributed by atoms with Crippen molar-refractivity contribution in [3.63, 3.8) is 0 Å². The summed E-state index contributed by atoms with van der Waals surface area (Å²) < 4.78 is 7.10. The smallest absolute Gasteiger partial charge is 0.119 e. The van der Waals surface area contributed by atoms with Gasteiger partial charge in [0.15, 0.2) is 0 Å². The van der Waals surface area contributed by atoms with E-state index in [1.807, 2.05) is 24.3 Å². The largest absolute Gasteiger partial charge is 0.489 e. The molecule has 0 N–H and O–H groups in total. The molecule has 0 spiro atoms. The number of hydrogen-bond acceptors (Lipinski definition) is 3. The molecule has 0 aliphatic carbocycles. The first-order valence-corrected chi connectivity index (χ1v) is 7.28. The average molecular weight is 279 g/mol. The Morgan fingerprint density at radius 1 is 1.05 bits per heavy atom. The molecule has 3 rings (SSSR count). The minimum Gasteiger partial charge on any atom is -0.489 e. The maximum absolute atomic E-state index is 8.64. The first-order chi connectivity index (χ1) is 9.86.